The summed E-state index contributed by atoms with van der Waals surface area (Å²) < 4.78 is 26.5. The van der Waals surface area contributed by atoms with Crippen LogP contribution in [0.25, 0.3) is 5.69 Å². The van der Waals surface area contributed by atoms with Gasteiger partial charge in [0.15, 0.2) is 11.5 Å². The van der Waals surface area contributed by atoms with Crippen LogP contribution >= 0.6 is 0 Å². The first kappa shape index (κ1) is 19.0. The summed E-state index contributed by atoms with van der Waals surface area (Å²) >= 11 is 0. The number of aromatic nitrogens is 2. The molecule has 29 heavy (non-hydrogen) atoms. The van der Waals surface area contributed by atoms with Crippen molar-refractivity contribution >= 4 is 11.7 Å². The number of methoxy groups -OCH3 is 1. The largest absolute Gasteiger partial charge is 0.493 e. The highest BCUT2D eigenvalue weighted by Gasteiger charge is 2.31. The number of amides is 1. The van der Waals surface area contributed by atoms with Crippen molar-refractivity contribution in [3.05, 3.63) is 65.6 Å². The lowest BCUT2D eigenvalue weighted by atomic mass is 9.87. The third-order valence-electron chi connectivity index (χ3n) is 4.83. The van der Waals surface area contributed by atoms with Crippen LogP contribution in [-0.4, -0.2) is 28.9 Å². The summed E-state index contributed by atoms with van der Waals surface area (Å²) in [4.78, 5) is 12.4. The number of nitrogens with one attached hydrogen (secondary N) is 1. The number of carbonyl (C=O) groups excluding carboxylic acids is 1. The van der Waals surface area contributed by atoms with Crippen LogP contribution in [0.5, 0.6) is 11.5 Å². The van der Waals surface area contributed by atoms with Gasteiger partial charge in [-0.15, -0.1) is 0 Å². The van der Waals surface area contributed by atoms with Crippen molar-refractivity contribution in [1.29, 1.82) is 0 Å². The van der Waals surface area contributed by atoms with E-state index in [1.54, 1.807) is 30.1 Å². The van der Waals surface area contributed by atoms with E-state index in [0.717, 1.165) is 11.1 Å². The molecule has 2 heterocycles. The molecule has 0 bridgehead atoms. The molecule has 1 aliphatic rings. The van der Waals surface area contributed by atoms with Gasteiger partial charge in [0.1, 0.15) is 11.6 Å². The van der Waals surface area contributed by atoms with Crippen molar-refractivity contribution < 1.29 is 18.7 Å². The predicted octanol–water partition coefficient (Wildman–Crippen LogP) is 4.28. The van der Waals surface area contributed by atoms with Crippen LogP contribution in [0.15, 0.2) is 48.7 Å². The average molecular weight is 395 g/mol. The molecule has 0 saturated heterocycles. The van der Waals surface area contributed by atoms with Gasteiger partial charge in [0.05, 0.1) is 25.1 Å². The highest BCUT2D eigenvalue weighted by molar-refractivity contribution is 5.94. The molecular formula is C22H22FN3O3. The molecule has 4 rings (SSSR count). The number of fused-ring (bicyclic) bond motifs is 1. The first-order valence-corrected chi connectivity index (χ1v) is 9.44. The summed E-state index contributed by atoms with van der Waals surface area (Å²) in [5.41, 5.74) is 2.34. The Morgan fingerprint density at radius 3 is 2.76 bits per heavy atom. The third kappa shape index (κ3) is 3.68. The molecule has 1 unspecified atom stereocenters. The standard InChI is InChI=1S/C22H22FN3O3/c1-13(2)29-19-8-7-14(9-20(19)28-3)17-11-21(27)25-22-18(17)12-24-26(22)16-6-4-5-15(23)10-16/h4-10,12-13,17H,11H2,1-3H3,(H,25,27). The van der Waals surface area contributed by atoms with Crippen LogP contribution in [0.2, 0.25) is 0 Å². The zero-order valence-electron chi connectivity index (χ0n) is 16.5. The summed E-state index contributed by atoms with van der Waals surface area (Å²) in [7, 11) is 1.59. The van der Waals surface area contributed by atoms with Crippen molar-refractivity contribution in [2.24, 2.45) is 0 Å². The second-order valence-corrected chi connectivity index (χ2v) is 7.22. The maximum Gasteiger partial charge on any atom is 0.226 e. The zero-order valence-corrected chi connectivity index (χ0v) is 16.5. The third-order valence-corrected chi connectivity index (χ3v) is 4.83. The van der Waals surface area contributed by atoms with E-state index in [4.69, 9.17) is 9.47 Å². The zero-order chi connectivity index (χ0) is 20.5. The van der Waals surface area contributed by atoms with Gasteiger partial charge in [0.2, 0.25) is 5.91 Å². The molecule has 7 heteroatoms. The predicted molar refractivity (Wildman–Crippen MR) is 107 cm³/mol. The molecule has 1 aliphatic heterocycles. The molecule has 1 aromatic heterocycles. The van der Waals surface area contributed by atoms with Gasteiger partial charge in [-0.2, -0.15) is 5.10 Å². The van der Waals surface area contributed by atoms with Crippen LogP contribution in [0.1, 0.15) is 37.3 Å². The Morgan fingerprint density at radius 2 is 2.03 bits per heavy atom. The molecule has 2 aromatic carbocycles. The minimum Gasteiger partial charge on any atom is -0.493 e. The summed E-state index contributed by atoms with van der Waals surface area (Å²) in [6.45, 7) is 3.90. The second-order valence-electron chi connectivity index (χ2n) is 7.22. The van der Waals surface area contributed by atoms with E-state index in [-0.39, 0.29) is 30.2 Å². The summed E-state index contributed by atoms with van der Waals surface area (Å²) in [6, 6.07) is 11.8. The first-order valence-electron chi connectivity index (χ1n) is 9.44. The first-order chi connectivity index (χ1) is 14.0. The fourth-order valence-corrected chi connectivity index (χ4v) is 3.57. The maximum absolute atomic E-state index is 13.7. The minimum atomic E-state index is -0.365. The van der Waals surface area contributed by atoms with Crippen LogP contribution in [0.3, 0.4) is 0 Å². The number of halogens is 1. The van der Waals surface area contributed by atoms with E-state index in [9.17, 15) is 9.18 Å². The molecule has 0 fully saturated rings. The molecule has 1 amide bonds. The summed E-state index contributed by atoms with van der Waals surface area (Å²) in [6.07, 6.45) is 2.02. The Kier molecular flexibility index (Phi) is 4.96. The van der Waals surface area contributed by atoms with Crippen molar-refractivity contribution in [3.8, 4) is 17.2 Å². The average Bonchev–Trinajstić information content (AvgIpc) is 3.11. The highest BCUT2D eigenvalue weighted by atomic mass is 19.1. The van der Waals surface area contributed by atoms with Crippen LogP contribution in [-0.2, 0) is 4.79 Å². The number of ether oxygens (including phenoxy) is 2. The molecule has 1 atom stereocenters. The molecule has 0 saturated carbocycles. The van der Waals surface area contributed by atoms with Gasteiger partial charge in [-0.05, 0) is 49.7 Å². The Labute approximate surface area is 168 Å². The molecule has 0 aliphatic carbocycles. The Balaban J connectivity index is 1.75. The molecular weight excluding hydrogens is 373 g/mol. The van der Waals surface area contributed by atoms with Gasteiger partial charge in [0.25, 0.3) is 0 Å². The van der Waals surface area contributed by atoms with Crippen molar-refractivity contribution in [2.45, 2.75) is 32.3 Å². The lowest BCUT2D eigenvalue weighted by molar-refractivity contribution is -0.116. The number of rotatable bonds is 5. The Hall–Kier alpha value is -3.35. The quantitative estimate of drug-likeness (QED) is 0.700. The van der Waals surface area contributed by atoms with Gasteiger partial charge < -0.3 is 14.8 Å². The summed E-state index contributed by atoms with van der Waals surface area (Å²) in [5.74, 6) is 1.14. The van der Waals surface area contributed by atoms with E-state index >= 15 is 0 Å². The maximum atomic E-state index is 13.7. The minimum absolute atomic E-state index is 0.0197. The number of carbonyl (C=O) groups is 1. The van der Waals surface area contributed by atoms with E-state index in [2.05, 4.69) is 10.4 Å². The lowest BCUT2D eigenvalue weighted by Gasteiger charge is -2.24. The number of hydrogen-bond donors (Lipinski definition) is 1. The van der Waals surface area contributed by atoms with Gasteiger partial charge >= 0.3 is 0 Å². The smallest absolute Gasteiger partial charge is 0.226 e. The van der Waals surface area contributed by atoms with Gasteiger partial charge in [-0.1, -0.05) is 12.1 Å². The fraction of sp³-hybridized carbons (Fsp3) is 0.273. The monoisotopic (exact) mass is 395 g/mol. The van der Waals surface area contributed by atoms with Crippen LogP contribution in [0, 0.1) is 5.82 Å². The number of benzene rings is 2. The number of nitrogens with zero attached hydrogens (tertiary/aromatic N) is 2. The fourth-order valence-electron chi connectivity index (χ4n) is 3.57. The highest BCUT2D eigenvalue weighted by Crippen LogP contribution is 2.41. The SMILES string of the molecule is COc1cc(C2CC(=O)Nc3c2cnn3-c2cccc(F)c2)ccc1OC(C)C. The van der Waals surface area contributed by atoms with Gasteiger partial charge in [0, 0.05) is 17.9 Å². The van der Waals surface area contributed by atoms with Crippen LogP contribution in [0.4, 0.5) is 10.2 Å². The molecule has 0 radical (unpaired) electrons. The molecule has 0 spiro atoms. The summed E-state index contributed by atoms with van der Waals surface area (Å²) in [5, 5.41) is 7.27. The van der Waals surface area contributed by atoms with E-state index < -0.39 is 0 Å². The molecule has 6 nitrogen and oxygen atoms in total. The van der Waals surface area contributed by atoms with Gasteiger partial charge in [-0.3, -0.25) is 4.79 Å². The number of hydrogen-bond acceptors (Lipinski definition) is 4. The Bertz CT molecular complexity index is 1060. The van der Waals surface area contributed by atoms with Crippen LogP contribution < -0.4 is 14.8 Å². The molecule has 1 N–H and O–H groups in total. The van der Waals surface area contributed by atoms with E-state index in [1.165, 1.54) is 12.1 Å². The van der Waals surface area contributed by atoms with Crippen molar-refractivity contribution in [2.75, 3.05) is 12.4 Å². The lowest BCUT2D eigenvalue weighted by Crippen LogP contribution is -2.24. The second kappa shape index (κ2) is 7.58. The van der Waals surface area contributed by atoms with Gasteiger partial charge in [-0.25, -0.2) is 9.07 Å². The molecule has 3 aromatic rings. The van der Waals surface area contributed by atoms with E-state index in [1.807, 2.05) is 32.0 Å². The molecule has 150 valence electrons. The van der Waals surface area contributed by atoms with Crippen molar-refractivity contribution in [3.63, 3.8) is 0 Å². The Morgan fingerprint density at radius 1 is 1.21 bits per heavy atom. The van der Waals surface area contributed by atoms with E-state index in [0.29, 0.717) is 23.0 Å². The number of anilines is 1. The topological polar surface area (TPSA) is 65.4 Å². The normalized spacial score (nSPS) is 15.8. The van der Waals surface area contributed by atoms with Crippen molar-refractivity contribution in [1.82, 2.24) is 9.78 Å².